The van der Waals surface area contributed by atoms with Crippen molar-refractivity contribution in [2.45, 2.75) is 19.3 Å². The molecule has 1 aliphatic carbocycles. The third kappa shape index (κ3) is 5.25. The average Bonchev–Trinajstić information content (AvgIpc) is 3.89. The number of halogens is 1. The fourth-order valence-corrected chi connectivity index (χ4v) is 10.6. The molecule has 0 radical (unpaired) electrons. The Balaban J connectivity index is 1.07. The van der Waals surface area contributed by atoms with Gasteiger partial charge in [0.2, 0.25) is 0 Å². The lowest BCUT2D eigenvalue weighted by molar-refractivity contribution is 0.660. The third-order valence-electron chi connectivity index (χ3n) is 13.0. The highest BCUT2D eigenvalue weighted by Gasteiger charge is 2.35. The van der Waals surface area contributed by atoms with Crippen molar-refractivity contribution in [2.24, 2.45) is 0 Å². The van der Waals surface area contributed by atoms with E-state index in [1.807, 2.05) is 0 Å². The summed E-state index contributed by atoms with van der Waals surface area (Å²) in [6.45, 7) is 4.70. The summed E-state index contributed by atoms with van der Waals surface area (Å²) in [6, 6.07) is 73.9. The Morgan fingerprint density at radius 1 is 0.333 bits per heavy atom. The van der Waals surface area contributed by atoms with E-state index in [1.54, 1.807) is 0 Å². The Kier molecular flexibility index (Phi) is 7.76. The molecule has 0 amide bonds. The molecule has 0 saturated heterocycles. The highest BCUT2D eigenvalue weighted by molar-refractivity contribution is 9.10. The number of para-hydroxylation sites is 3. The van der Waals surface area contributed by atoms with Gasteiger partial charge in [0.25, 0.3) is 0 Å². The molecule has 0 saturated carbocycles. The van der Waals surface area contributed by atoms with Gasteiger partial charge in [0.15, 0.2) is 0 Å². The first-order valence-corrected chi connectivity index (χ1v) is 21.5. The Morgan fingerprint density at radius 3 is 1.65 bits per heavy atom. The van der Waals surface area contributed by atoms with Crippen LogP contribution in [0.15, 0.2) is 205 Å². The number of hydrogen-bond donors (Lipinski definition) is 0. The summed E-state index contributed by atoms with van der Waals surface area (Å²) in [5.41, 5.74) is 19.6. The molecule has 12 rings (SSSR count). The Labute approximate surface area is 357 Å². The van der Waals surface area contributed by atoms with Crippen molar-refractivity contribution >= 4 is 59.5 Å². The van der Waals surface area contributed by atoms with Crippen LogP contribution in [0.2, 0.25) is 0 Å². The first-order chi connectivity index (χ1) is 29.4. The molecule has 60 heavy (non-hydrogen) atoms. The van der Waals surface area contributed by atoms with Crippen molar-refractivity contribution in [1.82, 2.24) is 9.13 Å². The zero-order chi connectivity index (χ0) is 40.1. The lowest BCUT2D eigenvalue weighted by atomic mass is 9.82. The van der Waals surface area contributed by atoms with E-state index in [0.29, 0.717) is 0 Å². The standard InChI is InChI=1S/C57H39BrN2/c1-57(2)50-20-10-6-17-44(50)48-35-42(26-28-51(48)57)60-53-22-12-8-18-45(53)47-27-24-37(34-56(47)60)39-30-38(31-40(32-39)43-16-7-11-21-52(43)58)36-25-29-55-49(33-36)46-19-9-13-23-54(46)59(55)41-14-4-3-5-15-41/h3-35H,1-2H3. The van der Waals surface area contributed by atoms with E-state index in [1.165, 1.54) is 105 Å². The number of fused-ring (bicyclic) bond motifs is 9. The molecular formula is C57H39BrN2. The minimum atomic E-state index is -0.0432. The van der Waals surface area contributed by atoms with E-state index in [9.17, 15) is 0 Å². The number of hydrogen-bond acceptors (Lipinski definition) is 0. The van der Waals surface area contributed by atoms with Crippen LogP contribution in [0.4, 0.5) is 0 Å². The van der Waals surface area contributed by atoms with Crippen LogP contribution in [-0.2, 0) is 5.41 Å². The predicted molar refractivity (Wildman–Crippen MR) is 257 cm³/mol. The van der Waals surface area contributed by atoms with Crippen LogP contribution in [0.3, 0.4) is 0 Å². The summed E-state index contributed by atoms with van der Waals surface area (Å²) in [6.07, 6.45) is 0. The van der Waals surface area contributed by atoms with Crippen LogP contribution >= 0.6 is 15.9 Å². The fourth-order valence-electron chi connectivity index (χ4n) is 10.1. The van der Waals surface area contributed by atoms with Crippen molar-refractivity contribution in [3.8, 4) is 55.9 Å². The van der Waals surface area contributed by atoms with Crippen LogP contribution < -0.4 is 0 Å². The quantitative estimate of drug-likeness (QED) is 0.164. The predicted octanol–water partition coefficient (Wildman–Crippen LogP) is 16.0. The molecule has 2 aromatic heterocycles. The summed E-state index contributed by atoms with van der Waals surface area (Å²) >= 11 is 3.90. The van der Waals surface area contributed by atoms with Gasteiger partial charge in [0.05, 0.1) is 22.1 Å². The minimum absolute atomic E-state index is 0.0432. The van der Waals surface area contributed by atoms with Crippen LogP contribution in [-0.4, -0.2) is 9.13 Å². The third-order valence-corrected chi connectivity index (χ3v) is 13.7. The maximum atomic E-state index is 3.90. The van der Waals surface area contributed by atoms with Crippen LogP contribution in [0.1, 0.15) is 25.0 Å². The van der Waals surface area contributed by atoms with Crippen molar-refractivity contribution < 1.29 is 0 Å². The summed E-state index contributed by atoms with van der Waals surface area (Å²) < 4.78 is 5.93. The first-order valence-electron chi connectivity index (χ1n) is 20.7. The lowest BCUT2D eigenvalue weighted by Gasteiger charge is -2.21. The largest absolute Gasteiger partial charge is 0.309 e. The van der Waals surface area contributed by atoms with E-state index in [4.69, 9.17) is 0 Å². The molecule has 3 heteroatoms. The normalized spacial score (nSPS) is 13.1. The number of rotatable bonds is 5. The van der Waals surface area contributed by atoms with Crippen LogP contribution in [0.5, 0.6) is 0 Å². The summed E-state index contributed by atoms with van der Waals surface area (Å²) in [4.78, 5) is 0. The summed E-state index contributed by atoms with van der Waals surface area (Å²) in [5, 5.41) is 4.99. The van der Waals surface area contributed by atoms with E-state index < -0.39 is 0 Å². The number of aromatic nitrogens is 2. The highest BCUT2D eigenvalue weighted by Crippen LogP contribution is 2.50. The highest BCUT2D eigenvalue weighted by atomic mass is 79.9. The molecule has 2 nitrogen and oxygen atoms in total. The van der Waals surface area contributed by atoms with E-state index in [2.05, 4.69) is 239 Å². The molecular weight excluding hydrogens is 793 g/mol. The SMILES string of the molecule is CC1(C)c2ccccc2-c2cc(-n3c4ccccc4c4ccc(-c5cc(-c6ccc7c(c6)c6ccccc6n7-c6ccccc6)cc(-c6ccccc6Br)c5)cc43)ccc21. The van der Waals surface area contributed by atoms with Crippen LogP contribution in [0.25, 0.3) is 99.5 Å². The zero-order valence-corrected chi connectivity index (χ0v) is 34.9. The van der Waals surface area contributed by atoms with Crippen molar-refractivity contribution in [3.05, 3.63) is 216 Å². The lowest BCUT2D eigenvalue weighted by Crippen LogP contribution is -2.14. The van der Waals surface area contributed by atoms with E-state index in [-0.39, 0.29) is 5.41 Å². The van der Waals surface area contributed by atoms with Gasteiger partial charge in [-0.25, -0.2) is 0 Å². The molecule has 0 atom stereocenters. The van der Waals surface area contributed by atoms with Crippen molar-refractivity contribution in [2.75, 3.05) is 0 Å². The molecule has 0 bridgehead atoms. The Hall–Kier alpha value is -6.94. The zero-order valence-electron chi connectivity index (χ0n) is 33.3. The molecule has 1 aliphatic rings. The number of nitrogens with zero attached hydrogens (tertiary/aromatic N) is 2. The second-order valence-electron chi connectivity index (χ2n) is 16.7. The maximum absolute atomic E-state index is 3.90. The molecule has 0 unspecified atom stereocenters. The van der Waals surface area contributed by atoms with Gasteiger partial charge in [-0.05, 0) is 134 Å². The average molecular weight is 832 g/mol. The fraction of sp³-hybridized carbons (Fsp3) is 0.0526. The van der Waals surface area contributed by atoms with Gasteiger partial charge in [-0.3, -0.25) is 0 Å². The van der Waals surface area contributed by atoms with E-state index in [0.717, 1.165) is 10.2 Å². The van der Waals surface area contributed by atoms with Gasteiger partial charge in [-0.2, -0.15) is 0 Å². The Morgan fingerprint density at radius 2 is 0.883 bits per heavy atom. The van der Waals surface area contributed by atoms with Gasteiger partial charge >= 0.3 is 0 Å². The second-order valence-corrected chi connectivity index (χ2v) is 17.5. The topological polar surface area (TPSA) is 9.86 Å². The van der Waals surface area contributed by atoms with Crippen LogP contribution in [0, 0.1) is 0 Å². The monoisotopic (exact) mass is 830 g/mol. The molecule has 284 valence electrons. The van der Waals surface area contributed by atoms with Crippen molar-refractivity contribution in [3.63, 3.8) is 0 Å². The van der Waals surface area contributed by atoms with Gasteiger partial charge < -0.3 is 9.13 Å². The molecule has 9 aromatic carbocycles. The smallest absolute Gasteiger partial charge is 0.0547 e. The summed E-state index contributed by atoms with van der Waals surface area (Å²) in [7, 11) is 0. The maximum Gasteiger partial charge on any atom is 0.0547 e. The van der Waals surface area contributed by atoms with Crippen molar-refractivity contribution in [1.29, 1.82) is 0 Å². The number of benzene rings is 9. The first kappa shape index (κ1) is 35.0. The molecule has 0 aliphatic heterocycles. The molecule has 11 aromatic rings. The molecule has 0 spiro atoms. The van der Waals surface area contributed by atoms with Gasteiger partial charge in [0.1, 0.15) is 0 Å². The molecule has 0 fully saturated rings. The van der Waals surface area contributed by atoms with E-state index >= 15 is 0 Å². The van der Waals surface area contributed by atoms with Gasteiger partial charge in [-0.1, -0.05) is 151 Å². The molecule has 2 heterocycles. The van der Waals surface area contributed by atoms with Gasteiger partial charge in [0, 0.05) is 42.8 Å². The van der Waals surface area contributed by atoms with Gasteiger partial charge in [-0.15, -0.1) is 0 Å². The Bertz CT molecular complexity index is 3530. The second kappa shape index (κ2) is 13.3. The molecule has 0 N–H and O–H groups in total. The summed E-state index contributed by atoms with van der Waals surface area (Å²) in [5.74, 6) is 0. The minimum Gasteiger partial charge on any atom is -0.309 e.